The van der Waals surface area contributed by atoms with Gasteiger partial charge in [0.15, 0.2) is 9.84 Å². The zero-order chi connectivity index (χ0) is 19.1. The molecule has 148 valence electrons. The quantitative estimate of drug-likeness (QED) is 0.809. The van der Waals surface area contributed by atoms with Crippen molar-refractivity contribution in [2.24, 2.45) is 5.92 Å². The van der Waals surface area contributed by atoms with Crippen LogP contribution in [0.5, 0.6) is 0 Å². The van der Waals surface area contributed by atoms with Crippen LogP contribution in [-0.4, -0.2) is 44.9 Å². The van der Waals surface area contributed by atoms with E-state index in [1.54, 1.807) is 19.1 Å². The number of fused-ring (bicyclic) bond motifs is 1. The molecule has 4 rings (SSSR count). The Morgan fingerprint density at radius 1 is 1.19 bits per heavy atom. The molecule has 1 saturated heterocycles. The number of carbonyl (C=O) groups excluding carboxylic acids is 1. The third-order valence-electron chi connectivity index (χ3n) is 6.54. The zero-order valence-corrected chi connectivity index (χ0v) is 16.7. The van der Waals surface area contributed by atoms with E-state index in [2.05, 4.69) is 15.5 Å². The monoisotopic (exact) mass is 391 g/mol. The number of amides is 2. The van der Waals surface area contributed by atoms with Crippen molar-refractivity contribution in [1.82, 2.24) is 10.6 Å². The van der Waals surface area contributed by atoms with Crippen LogP contribution in [0.4, 0.5) is 10.5 Å². The van der Waals surface area contributed by atoms with Crippen LogP contribution in [0, 0.1) is 5.92 Å². The second-order valence-corrected chi connectivity index (χ2v) is 10.5. The number of hydrogen-bond donors (Lipinski definition) is 2. The van der Waals surface area contributed by atoms with Crippen LogP contribution in [0.15, 0.2) is 29.2 Å². The van der Waals surface area contributed by atoms with Crippen LogP contribution in [-0.2, 0) is 9.84 Å². The van der Waals surface area contributed by atoms with Crippen LogP contribution >= 0.6 is 0 Å². The number of piperidine rings is 1. The fourth-order valence-corrected chi connectivity index (χ4v) is 5.59. The minimum atomic E-state index is -3.15. The van der Waals surface area contributed by atoms with Crippen LogP contribution < -0.4 is 15.5 Å². The van der Waals surface area contributed by atoms with E-state index in [1.165, 1.54) is 12.8 Å². The lowest BCUT2D eigenvalue weighted by Crippen LogP contribution is -2.51. The largest absolute Gasteiger partial charge is 0.371 e. The fraction of sp³-hybridized carbons (Fsp3) is 0.650. The van der Waals surface area contributed by atoms with Gasteiger partial charge in [-0.15, -0.1) is 0 Å². The van der Waals surface area contributed by atoms with Crippen molar-refractivity contribution < 1.29 is 13.2 Å². The topological polar surface area (TPSA) is 78.5 Å². The molecule has 2 unspecified atom stereocenters. The predicted molar refractivity (Wildman–Crippen MR) is 106 cm³/mol. The van der Waals surface area contributed by atoms with Gasteiger partial charge in [-0.3, -0.25) is 0 Å². The van der Waals surface area contributed by atoms with Crippen molar-refractivity contribution in [2.45, 2.75) is 61.9 Å². The Labute approximate surface area is 161 Å². The molecule has 0 spiro atoms. The molecule has 27 heavy (non-hydrogen) atoms. The maximum absolute atomic E-state index is 12.3. The summed E-state index contributed by atoms with van der Waals surface area (Å²) in [5.74, 6) is 0.831. The first kappa shape index (κ1) is 18.6. The average molecular weight is 392 g/mol. The molecular weight excluding hydrogens is 362 g/mol. The number of nitrogens with one attached hydrogen (secondary N) is 2. The average Bonchev–Trinajstić information content (AvgIpc) is 3.20. The van der Waals surface area contributed by atoms with E-state index in [9.17, 15) is 13.2 Å². The maximum atomic E-state index is 12.3. The van der Waals surface area contributed by atoms with Gasteiger partial charge in [0.2, 0.25) is 0 Å². The van der Waals surface area contributed by atoms with Gasteiger partial charge in [0.1, 0.15) is 0 Å². The minimum absolute atomic E-state index is 0.00743. The van der Waals surface area contributed by atoms with Gasteiger partial charge in [-0.25, -0.2) is 13.2 Å². The number of carbonyl (C=O) groups is 1. The van der Waals surface area contributed by atoms with Crippen molar-refractivity contribution >= 4 is 21.6 Å². The number of sulfone groups is 1. The number of benzene rings is 1. The summed E-state index contributed by atoms with van der Waals surface area (Å²) in [6, 6.07) is 7.35. The molecule has 2 N–H and O–H groups in total. The molecule has 3 fully saturated rings. The van der Waals surface area contributed by atoms with Gasteiger partial charge in [-0.05, 0) is 62.3 Å². The second kappa shape index (κ2) is 7.00. The highest BCUT2D eigenvalue weighted by atomic mass is 32.2. The Hall–Kier alpha value is -1.76. The Kier molecular flexibility index (Phi) is 4.82. The molecule has 3 aliphatic rings. The molecule has 2 amide bonds. The Bertz CT molecular complexity index is 800. The first-order chi connectivity index (χ1) is 12.9. The third-order valence-corrected chi connectivity index (χ3v) is 8.29. The van der Waals surface area contributed by atoms with E-state index in [4.69, 9.17) is 0 Å². The predicted octanol–water partition coefficient (Wildman–Crippen LogP) is 2.69. The van der Waals surface area contributed by atoms with Gasteiger partial charge in [0.25, 0.3) is 0 Å². The normalized spacial score (nSPS) is 27.9. The van der Waals surface area contributed by atoms with Crippen molar-refractivity contribution in [3.63, 3.8) is 0 Å². The summed E-state index contributed by atoms with van der Waals surface area (Å²) in [5.41, 5.74) is 1.16. The number of anilines is 1. The number of urea groups is 1. The molecule has 7 heteroatoms. The zero-order valence-electron chi connectivity index (χ0n) is 15.9. The minimum Gasteiger partial charge on any atom is -0.371 e. The SMILES string of the molecule is CCS(=O)(=O)c1ccc(N2CCC(NC(=O)NC34CCCC3C4)CC2)cc1. The lowest BCUT2D eigenvalue weighted by atomic mass is 10.0. The van der Waals surface area contributed by atoms with Crippen molar-refractivity contribution in [3.05, 3.63) is 24.3 Å². The summed E-state index contributed by atoms with van der Waals surface area (Å²) in [4.78, 5) is 15.0. The summed E-state index contributed by atoms with van der Waals surface area (Å²) in [6.07, 6.45) is 6.59. The van der Waals surface area contributed by atoms with E-state index in [0.717, 1.165) is 44.5 Å². The van der Waals surface area contributed by atoms with Crippen LogP contribution in [0.3, 0.4) is 0 Å². The van der Waals surface area contributed by atoms with E-state index < -0.39 is 9.84 Å². The molecule has 1 aromatic carbocycles. The first-order valence-electron chi connectivity index (χ1n) is 10.1. The highest BCUT2D eigenvalue weighted by Crippen LogP contribution is 2.55. The second-order valence-electron chi connectivity index (χ2n) is 8.21. The lowest BCUT2D eigenvalue weighted by Gasteiger charge is -2.34. The van der Waals surface area contributed by atoms with Crippen molar-refractivity contribution in [3.8, 4) is 0 Å². The van der Waals surface area contributed by atoms with Crippen molar-refractivity contribution in [2.75, 3.05) is 23.7 Å². The molecular formula is C20H29N3O3S. The van der Waals surface area contributed by atoms with Gasteiger partial charge in [0, 0.05) is 30.4 Å². The summed E-state index contributed by atoms with van der Waals surface area (Å²) >= 11 is 0. The standard InChI is InChI=1S/C20H29N3O3S/c1-2-27(25,26)18-7-5-17(6-8-18)23-12-9-16(10-13-23)21-19(24)22-20-11-3-4-15(20)14-20/h5-8,15-16H,2-4,9-14H2,1H3,(H2,21,22,24). The number of hydrogen-bond acceptors (Lipinski definition) is 4. The van der Waals surface area contributed by atoms with Gasteiger partial charge in [-0.1, -0.05) is 13.3 Å². The number of nitrogens with zero attached hydrogens (tertiary/aromatic N) is 1. The Balaban J connectivity index is 1.27. The molecule has 1 aromatic rings. The molecule has 0 aromatic heterocycles. The molecule has 2 saturated carbocycles. The summed E-state index contributed by atoms with van der Waals surface area (Å²) < 4.78 is 23.8. The van der Waals surface area contributed by atoms with Crippen LogP contribution in [0.1, 0.15) is 45.4 Å². The Morgan fingerprint density at radius 2 is 1.89 bits per heavy atom. The van der Waals surface area contributed by atoms with Gasteiger partial charge in [0.05, 0.1) is 10.6 Å². The molecule has 0 radical (unpaired) electrons. The summed E-state index contributed by atoms with van der Waals surface area (Å²) in [5, 5.41) is 6.38. The smallest absolute Gasteiger partial charge is 0.315 e. The fourth-order valence-electron chi connectivity index (χ4n) is 4.71. The molecule has 1 aliphatic heterocycles. The highest BCUT2D eigenvalue weighted by Gasteiger charge is 2.57. The van der Waals surface area contributed by atoms with Gasteiger partial charge in [-0.2, -0.15) is 0 Å². The molecule has 2 aliphatic carbocycles. The number of rotatable bonds is 5. The molecule has 6 nitrogen and oxygen atoms in total. The van der Waals surface area contributed by atoms with E-state index >= 15 is 0 Å². The summed E-state index contributed by atoms with van der Waals surface area (Å²) in [6.45, 7) is 3.38. The van der Waals surface area contributed by atoms with Crippen LogP contribution in [0.25, 0.3) is 0 Å². The van der Waals surface area contributed by atoms with E-state index in [-0.39, 0.29) is 23.4 Å². The van der Waals surface area contributed by atoms with Crippen molar-refractivity contribution in [1.29, 1.82) is 0 Å². The maximum Gasteiger partial charge on any atom is 0.315 e. The third kappa shape index (κ3) is 3.79. The molecule has 1 heterocycles. The van der Waals surface area contributed by atoms with Gasteiger partial charge >= 0.3 is 6.03 Å². The molecule has 2 atom stereocenters. The van der Waals surface area contributed by atoms with Crippen LogP contribution in [0.2, 0.25) is 0 Å². The Morgan fingerprint density at radius 3 is 2.44 bits per heavy atom. The first-order valence-corrected chi connectivity index (χ1v) is 11.7. The summed E-state index contributed by atoms with van der Waals surface area (Å²) in [7, 11) is -3.15. The van der Waals surface area contributed by atoms with E-state index in [0.29, 0.717) is 10.8 Å². The molecule has 0 bridgehead atoms. The highest BCUT2D eigenvalue weighted by molar-refractivity contribution is 7.91. The van der Waals surface area contributed by atoms with E-state index in [1.807, 2.05) is 12.1 Å². The van der Waals surface area contributed by atoms with Gasteiger partial charge < -0.3 is 15.5 Å². The lowest BCUT2D eigenvalue weighted by molar-refractivity contribution is 0.228.